The first-order valence-electron chi connectivity index (χ1n) is 2.22. The van der Waals surface area contributed by atoms with Crippen LogP contribution in [0.25, 0.3) is 0 Å². The largest absolute Gasteiger partial charge is 0.360 e. The van der Waals surface area contributed by atoms with E-state index in [9.17, 15) is 8.78 Å². The second kappa shape index (κ2) is 3.64. The summed E-state index contributed by atoms with van der Waals surface area (Å²) in [5.74, 6) is 0. The van der Waals surface area contributed by atoms with E-state index in [-0.39, 0.29) is 22.8 Å². The maximum Gasteiger partial charge on any atom is 0.278 e. The molecule has 1 N–H and O–H groups in total. The summed E-state index contributed by atoms with van der Waals surface area (Å²) >= 11 is 0. The van der Waals surface area contributed by atoms with Crippen molar-refractivity contribution in [1.29, 1.82) is 0 Å². The Hall–Kier alpha value is -0.341. The van der Waals surface area contributed by atoms with Gasteiger partial charge in [0.25, 0.3) is 6.43 Å². The van der Waals surface area contributed by atoms with Gasteiger partial charge in [0, 0.05) is 23.3 Å². The Morgan fingerprint density at radius 2 is 2.11 bits per heavy atom. The summed E-state index contributed by atoms with van der Waals surface area (Å²) in [6.45, 7) is 0. The molecule has 0 aliphatic heterocycles. The molecule has 0 bridgehead atoms. The first kappa shape index (κ1) is 8.66. The molecular formula is C5H5F2NSe. The van der Waals surface area contributed by atoms with Crippen LogP contribution in [0.1, 0.15) is 12.1 Å². The van der Waals surface area contributed by atoms with Gasteiger partial charge in [-0.25, -0.2) is 8.78 Å². The van der Waals surface area contributed by atoms with Gasteiger partial charge < -0.3 is 4.98 Å². The van der Waals surface area contributed by atoms with Gasteiger partial charge in [-0.05, 0) is 12.1 Å². The van der Waals surface area contributed by atoms with Crippen LogP contribution in [0, 0.1) is 0 Å². The van der Waals surface area contributed by atoms with Crippen molar-refractivity contribution < 1.29 is 8.78 Å². The molecule has 50 valence electrons. The molecule has 0 aliphatic rings. The normalized spacial score (nSPS) is 9.22. The first-order chi connectivity index (χ1) is 3.80. The van der Waals surface area contributed by atoms with Crippen LogP contribution < -0.4 is 0 Å². The van der Waals surface area contributed by atoms with Gasteiger partial charge in [0.1, 0.15) is 0 Å². The molecule has 0 amide bonds. The van der Waals surface area contributed by atoms with E-state index in [1.165, 1.54) is 12.3 Å². The number of nitrogens with one attached hydrogen (secondary N) is 1. The minimum Gasteiger partial charge on any atom is -0.360 e. The van der Waals surface area contributed by atoms with E-state index in [0.29, 0.717) is 0 Å². The van der Waals surface area contributed by atoms with Crippen molar-refractivity contribution in [3.63, 3.8) is 0 Å². The summed E-state index contributed by atoms with van der Waals surface area (Å²) in [4.78, 5) is 2.39. The molecule has 2 radical (unpaired) electrons. The number of H-pyrrole nitrogens is 1. The van der Waals surface area contributed by atoms with E-state index in [4.69, 9.17) is 0 Å². The third kappa shape index (κ3) is 2.16. The summed E-state index contributed by atoms with van der Waals surface area (Å²) in [6, 6.07) is 2.90. The molecule has 0 aliphatic carbocycles. The zero-order valence-corrected chi connectivity index (χ0v) is 6.19. The molecule has 0 unspecified atom stereocenters. The summed E-state index contributed by atoms with van der Waals surface area (Å²) in [5, 5.41) is 0. The van der Waals surface area contributed by atoms with Crippen molar-refractivity contribution in [2.45, 2.75) is 6.43 Å². The Kier molecular flexibility index (Phi) is 3.50. The standard InChI is InChI=1S/C5H5F2N.Se/c6-5(7)4-2-1-3-8-4;/h1-3,5,8H;. The minimum atomic E-state index is -2.37. The Balaban J connectivity index is 0.000000640. The van der Waals surface area contributed by atoms with Crippen LogP contribution in [0.5, 0.6) is 0 Å². The van der Waals surface area contributed by atoms with Gasteiger partial charge >= 0.3 is 0 Å². The molecule has 0 saturated carbocycles. The maximum atomic E-state index is 11.6. The van der Waals surface area contributed by atoms with Crippen molar-refractivity contribution in [1.82, 2.24) is 4.98 Å². The summed E-state index contributed by atoms with van der Waals surface area (Å²) in [6.07, 6.45) is -0.897. The summed E-state index contributed by atoms with van der Waals surface area (Å²) < 4.78 is 23.1. The number of hydrogen-bond donors (Lipinski definition) is 1. The fraction of sp³-hybridized carbons (Fsp3) is 0.200. The average molecular weight is 196 g/mol. The predicted molar refractivity (Wildman–Crippen MR) is 31.5 cm³/mol. The third-order valence-corrected chi connectivity index (χ3v) is 0.857. The first-order valence-corrected chi connectivity index (χ1v) is 2.22. The maximum absolute atomic E-state index is 11.6. The summed E-state index contributed by atoms with van der Waals surface area (Å²) in [5.41, 5.74) is -0.0231. The Labute approximate surface area is 61.9 Å². The van der Waals surface area contributed by atoms with Gasteiger partial charge in [0.2, 0.25) is 0 Å². The van der Waals surface area contributed by atoms with Gasteiger partial charge in [0.05, 0.1) is 5.69 Å². The topological polar surface area (TPSA) is 15.8 Å². The molecule has 4 heteroatoms. The Morgan fingerprint density at radius 1 is 1.44 bits per heavy atom. The van der Waals surface area contributed by atoms with Crippen molar-refractivity contribution in [2.24, 2.45) is 0 Å². The zero-order valence-electron chi connectivity index (χ0n) is 4.47. The fourth-order valence-electron chi connectivity index (χ4n) is 0.480. The monoisotopic (exact) mass is 197 g/mol. The molecule has 0 aromatic carbocycles. The molecule has 0 saturated heterocycles. The van der Waals surface area contributed by atoms with Crippen molar-refractivity contribution in [3.05, 3.63) is 24.0 Å². The zero-order chi connectivity index (χ0) is 5.98. The van der Waals surface area contributed by atoms with Crippen molar-refractivity contribution >= 4 is 17.1 Å². The Morgan fingerprint density at radius 3 is 2.33 bits per heavy atom. The van der Waals surface area contributed by atoms with E-state index in [1.54, 1.807) is 6.07 Å². The average Bonchev–Trinajstić information content (AvgIpc) is 2.12. The molecule has 1 nitrogen and oxygen atoms in total. The second-order valence-electron chi connectivity index (χ2n) is 1.43. The molecule has 1 aromatic rings. The number of halogens is 2. The molecule has 1 heterocycles. The van der Waals surface area contributed by atoms with Gasteiger partial charge in [-0.3, -0.25) is 0 Å². The van der Waals surface area contributed by atoms with Crippen LogP contribution in [-0.2, 0) is 0 Å². The summed E-state index contributed by atoms with van der Waals surface area (Å²) in [7, 11) is 0. The van der Waals surface area contributed by atoms with Crippen LogP contribution in [-0.4, -0.2) is 22.1 Å². The Bertz CT molecular complexity index is 150. The van der Waals surface area contributed by atoms with Gasteiger partial charge in [-0.15, -0.1) is 0 Å². The van der Waals surface area contributed by atoms with E-state index >= 15 is 0 Å². The van der Waals surface area contributed by atoms with Gasteiger partial charge in [-0.1, -0.05) is 0 Å². The van der Waals surface area contributed by atoms with Crippen LogP contribution in [0.2, 0.25) is 0 Å². The number of aromatic nitrogens is 1. The smallest absolute Gasteiger partial charge is 0.278 e. The van der Waals surface area contributed by atoms with Crippen molar-refractivity contribution in [2.75, 3.05) is 0 Å². The van der Waals surface area contributed by atoms with E-state index in [1.807, 2.05) is 0 Å². The van der Waals surface area contributed by atoms with E-state index < -0.39 is 6.43 Å². The quantitative estimate of drug-likeness (QED) is 0.656. The number of alkyl halides is 2. The number of aromatic amines is 1. The SMILES string of the molecule is FC(F)c1ccc[nH]1.[Se]. The predicted octanol–water partition coefficient (Wildman–Crippen LogP) is 1.57. The van der Waals surface area contributed by atoms with Crippen LogP contribution in [0.4, 0.5) is 8.78 Å². The van der Waals surface area contributed by atoms with E-state index in [2.05, 4.69) is 4.98 Å². The van der Waals surface area contributed by atoms with E-state index in [0.717, 1.165) is 0 Å². The fourth-order valence-corrected chi connectivity index (χ4v) is 0.480. The molecule has 0 spiro atoms. The number of rotatable bonds is 1. The molecule has 1 rings (SSSR count). The molecule has 0 fully saturated rings. The third-order valence-electron chi connectivity index (χ3n) is 0.857. The molecular weight excluding hydrogens is 191 g/mol. The molecule has 9 heavy (non-hydrogen) atoms. The minimum absolute atomic E-state index is 0. The van der Waals surface area contributed by atoms with Crippen molar-refractivity contribution in [3.8, 4) is 0 Å². The van der Waals surface area contributed by atoms with Crippen LogP contribution in [0.3, 0.4) is 0 Å². The molecule has 0 atom stereocenters. The van der Waals surface area contributed by atoms with Crippen LogP contribution >= 0.6 is 0 Å². The number of hydrogen-bond acceptors (Lipinski definition) is 0. The van der Waals surface area contributed by atoms with Gasteiger partial charge in [0.15, 0.2) is 0 Å². The van der Waals surface area contributed by atoms with Crippen LogP contribution in [0.15, 0.2) is 18.3 Å². The second-order valence-corrected chi connectivity index (χ2v) is 1.43. The molecule has 1 aromatic heterocycles. The van der Waals surface area contributed by atoms with Gasteiger partial charge in [-0.2, -0.15) is 0 Å².